The molecule has 0 amide bonds. The molecule has 0 aliphatic rings. The fraction of sp³-hybridized carbons (Fsp3) is 0. The molecule has 0 saturated heterocycles. The van der Waals surface area contributed by atoms with Gasteiger partial charge in [0.05, 0.1) is 0 Å². The third-order valence-corrected chi connectivity index (χ3v) is 1.54. The Hall–Kier alpha value is -0.0900. The van der Waals surface area contributed by atoms with E-state index in [-0.39, 0.29) is 41.5 Å². The number of benzene rings is 1. The zero-order chi connectivity index (χ0) is 8.10. The van der Waals surface area contributed by atoms with Crippen LogP contribution in [0.15, 0.2) is 30.8 Å². The average Bonchev–Trinajstić information content (AvgIpc) is 2.07. The molecule has 12 heavy (non-hydrogen) atoms. The molecule has 60 valence electrons. The van der Waals surface area contributed by atoms with Crippen LogP contribution in [0.5, 0.6) is 5.75 Å². The number of rotatable bonds is 3. The Balaban J connectivity index is 0.00000121. The summed E-state index contributed by atoms with van der Waals surface area (Å²) in [6, 6.07) is 7.16. The van der Waals surface area contributed by atoms with Gasteiger partial charge in [-0.25, -0.2) is 4.21 Å². The standard InChI is InChI=1S/C8H8O2S.Na.H/c1-2-7-3-5-8(6-4-7)10-11-9;;/h2-6,11H,1H2;;. The van der Waals surface area contributed by atoms with Crippen LogP contribution in [-0.2, 0) is 11.9 Å². The SMILES string of the molecule is C=Cc1ccc(O[SH]=O)cc1.[NaH]. The second-order valence-corrected chi connectivity index (χ2v) is 2.27. The molecule has 0 bridgehead atoms. The third-order valence-electron chi connectivity index (χ3n) is 1.26. The molecule has 1 rings (SSSR count). The molecule has 4 heteroatoms. The first-order valence-electron chi connectivity index (χ1n) is 3.09. The summed E-state index contributed by atoms with van der Waals surface area (Å²) in [7, 11) is 0. The van der Waals surface area contributed by atoms with Crippen LogP contribution in [0, 0.1) is 0 Å². The van der Waals surface area contributed by atoms with E-state index in [1.54, 1.807) is 18.2 Å². The van der Waals surface area contributed by atoms with Crippen LogP contribution in [0.1, 0.15) is 5.56 Å². The molecule has 0 spiro atoms. The van der Waals surface area contributed by atoms with Gasteiger partial charge in [0.2, 0.25) is 0 Å². The van der Waals surface area contributed by atoms with Crippen molar-refractivity contribution >= 4 is 47.6 Å². The maximum atomic E-state index is 9.98. The zero-order valence-corrected chi connectivity index (χ0v) is 6.75. The molecule has 0 fully saturated rings. The molecule has 0 aliphatic carbocycles. The minimum absolute atomic E-state index is 0. The van der Waals surface area contributed by atoms with Crippen molar-refractivity contribution in [2.45, 2.75) is 0 Å². The molecule has 0 N–H and O–H groups in total. The van der Waals surface area contributed by atoms with Crippen molar-refractivity contribution in [2.75, 3.05) is 0 Å². The Bertz CT molecular complexity index is 258. The van der Waals surface area contributed by atoms with Gasteiger partial charge in [0, 0.05) is 0 Å². The Morgan fingerprint density at radius 2 is 1.92 bits per heavy atom. The second-order valence-electron chi connectivity index (χ2n) is 1.94. The molecule has 0 unspecified atom stereocenters. The van der Waals surface area contributed by atoms with E-state index in [1.165, 1.54) is 0 Å². The van der Waals surface area contributed by atoms with Gasteiger partial charge in [-0.15, -0.1) is 0 Å². The molecular formula is C8H9NaO2S. The molecule has 0 aromatic heterocycles. The maximum absolute atomic E-state index is 9.98. The molecule has 2 nitrogen and oxygen atoms in total. The van der Waals surface area contributed by atoms with Crippen LogP contribution < -0.4 is 4.18 Å². The number of thiol groups is 1. The van der Waals surface area contributed by atoms with E-state index in [9.17, 15) is 4.21 Å². The van der Waals surface area contributed by atoms with E-state index in [4.69, 9.17) is 0 Å². The van der Waals surface area contributed by atoms with Crippen LogP contribution in [0.25, 0.3) is 6.08 Å². The van der Waals surface area contributed by atoms with Crippen LogP contribution in [0.3, 0.4) is 0 Å². The Labute approximate surface area is 97.6 Å². The molecule has 0 atom stereocenters. The van der Waals surface area contributed by atoms with Gasteiger partial charge < -0.3 is 4.18 Å². The first-order chi connectivity index (χ1) is 5.36. The Kier molecular flexibility index (Phi) is 6.38. The van der Waals surface area contributed by atoms with Crippen molar-refractivity contribution < 1.29 is 8.39 Å². The van der Waals surface area contributed by atoms with Crippen LogP contribution in [0.2, 0.25) is 0 Å². The van der Waals surface area contributed by atoms with E-state index in [0.29, 0.717) is 5.75 Å². The summed E-state index contributed by atoms with van der Waals surface area (Å²) in [4.78, 5) is 0. The normalized spacial score (nSPS) is 8.33. The average molecular weight is 192 g/mol. The van der Waals surface area contributed by atoms with Crippen molar-refractivity contribution in [3.63, 3.8) is 0 Å². The van der Waals surface area contributed by atoms with E-state index in [2.05, 4.69) is 10.8 Å². The van der Waals surface area contributed by atoms with Crippen molar-refractivity contribution in [1.29, 1.82) is 0 Å². The Morgan fingerprint density at radius 1 is 1.33 bits per heavy atom. The van der Waals surface area contributed by atoms with Gasteiger partial charge in [-0.3, -0.25) is 0 Å². The van der Waals surface area contributed by atoms with E-state index >= 15 is 0 Å². The fourth-order valence-electron chi connectivity index (χ4n) is 0.708. The van der Waals surface area contributed by atoms with Gasteiger partial charge in [0.15, 0.2) is 11.9 Å². The summed E-state index contributed by atoms with van der Waals surface area (Å²) >= 11 is -0.325. The topological polar surface area (TPSA) is 26.3 Å². The summed E-state index contributed by atoms with van der Waals surface area (Å²) in [5, 5.41) is 0. The van der Waals surface area contributed by atoms with Gasteiger partial charge in [-0.1, -0.05) is 24.8 Å². The van der Waals surface area contributed by atoms with Gasteiger partial charge in [0.25, 0.3) is 0 Å². The van der Waals surface area contributed by atoms with E-state index in [0.717, 1.165) is 5.56 Å². The Morgan fingerprint density at radius 3 is 2.33 bits per heavy atom. The predicted molar refractivity (Wildman–Crippen MR) is 53.8 cm³/mol. The van der Waals surface area contributed by atoms with Gasteiger partial charge in [-0.2, -0.15) is 0 Å². The summed E-state index contributed by atoms with van der Waals surface area (Å²) < 4.78 is 14.7. The molecule has 0 aliphatic heterocycles. The van der Waals surface area contributed by atoms with Crippen molar-refractivity contribution in [3.05, 3.63) is 36.4 Å². The fourth-order valence-corrected chi connectivity index (χ4v) is 0.916. The molecular weight excluding hydrogens is 183 g/mol. The zero-order valence-electron chi connectivity index (χ0n) is 5.86. The minimum atomic E-state index is -0.325. The third kappa shape index (κ3) is 3.54. The summed E-state index contributed by atoms with van der Waals surface area (Å²) in [5.41, 5.74) is 1.01. The van der Waals surface area contributed by atoms with Crippen molar-refractivity contribution in [2.24, 2.45) is 0 Å². The number of hydrogen-bond donors (Lipinski definition) is 1. The predicted octanol–water partition coefficient (Wildman–Crippen LogP) is 0.920. The molecule has 0 saturated carbocycles. The second kappa shape index (κ2) is 6.43. The molecule has 1 aromatic rings. The van der Waals surface area contributed by atoms with Gasteiger partial charge >= 0.3 is 29.6 Å². The molecule has 0 heterocycles. The summed E-state index contributed by atoms with van der Waals surface area (Å²) in [5.74, 6) is 0.590. The van der Waals surface area contributed by atoms with Crippen LogP contribution in [0.4, 0.5) is 0 Å². The summed E-state index contributed by atoms with van der Waals surface area (Å²) in [6.45, 7) is 3.60. The number of hydrogen-bond acceptors (Lipinski definition) is 2. The quantitative estimate of drug-likeness (QED) is 0.569. The monoisotopic (exact) mass is 192 g/mol. The van der Waals surface area contributed by atoms with Gasteiger partial charge in [-0.05, 0) is 17.7 Å². The van der Waals surface area contributed by atoms with Crippen molar-refractivity contribution in [1.82, 2.24) is 0 Å². The first kappa shape index (κ1) is 11.9. The first-order valence-corrected chi connectivity index (χ1v) is 3.82. The van der Waals surface area contributed by atoms with Crippen molar-refractivity contribution in [3.8, 4) is 5.75 Å². The molecule has 1 aromatic carbocycles. The van der Waals surface area contributed by atoms with E-state index in [1.807, 2.05) is 12.1 Å². The molecule has 0 radical (unpaired) electrons. The summed E-state index contributed by atoms with van der Waals surface area (Å²) in [6.07, 6.45) is 1.73. The van der Waals surface area contributed by atoms with Crippen LogP contribution >= 0.6 is 0 Å². The van der Waals surface area contributed by atoms with Crippen LogP contribution in [-0.4, -0.2) is 33.8 Å². The van der Waals surface area contributed by atoms with Gasteiger partial charge in [0.1, 0.15) is 5.75 Å². The van der Waals surface area contributed by atoms with E-state index < -0.39 is 0 Å².